The van der Waals surface area contributed by atoms with E-state index in [1.54, 1.807) is 36.4 Å². The van der Waals surface area contributed by atoms with Gasteiger partial charge in [0.15, 0.2) is 6.29 Å². The molecule has 3 aliphatic heterocycles. The molecule has 2 saturated heterocycles. The van der Waals surface area contributed by atoms with Crippen LogP contribution in [0.1, 0.15) is 89.8 Å². The molecule has 6 rings (SSSR count). The molecule has 0 unspecified atom stereocenters. The molecule has 3 aliphatic rings. The zero-order valence-corrected chi connectivity index (χ0v) is 25.3. The average molecular weight is 599 g/mol. The predicted molar refractivity (Wildman–Crippen MR) is 163 cm³/mol. The molecule has 230 valence electrons. The van der Waals surface area contributed by atoms with Crippen molar-refractivity contribution in [3.8, 4) is 0 Å². The van der Waals surface area contributed by atoms with Crippen LogP contribution >= 0.6 is 0 Å². The second-order valence-electron chi connectivity index (χ2n) is 12.6. The van der Waals surface area contributed by atoms with Crippen LogP contribution in [0.25, 0.3) is 0 Å². The van der Waals surface area contributed by atoms with E-state index < -0.39 is 11.9 Å². The van der Waals surface area contributed by atoms with Crippen LogP contribution in [0.2, 0.25) is 0 Å². The van der Waals surface area contributed by atoms with E-state index in [9.17, 15) is 19.5 Å². The molecule has 0 bridgehead atoms. The lowest BCUT2D eigenvalue weighted by Crippen LogP contribution is -2.45. The number of nitrogens with zero attached hydrogens (tertiary/aromatic N) is 2. The Kier molecular flexibility index (Phi) is 8.39. The van der Waals surface area contributed by atoms with Crippen LogP contribution in [-0.4, -0.2) is 58.6 Å². The lowest BCUT2D eigenvalue weighted by atomic mass is 9.99. The maximum absolute atomic E-state index is 13.0. The number of carbonyl (C=O) groups excluding carboxylic acids is 3. The summed E-state index contributed by atoms with van der Waals surface area (Å²) in [6.45, 7) is 6.91. The fourth-order valence-corrected chi connectivity index (χ4v) is 6.18. The average Bonchev–Trinajstić information content (AvgIpc) is 3.58. The second kappa shape index (κ2) is 12.2. The summed E-state index contributed by atoms with van der Waals surface area (Å²) in [6.07, 6.45) is 0.990. The number of aliphatic hydroxyl groups is 1. The monoisotopic (exact) mass is 598 g/mol. The number of rotatable bonds is 7. The van der Waals surface area contributed by atoms with Gasteiger partial charge in [-0.1, -0.05) is 48.5 Å². The zero-order chi connectivity index (χ0) is 31.0. The van der Waals surface area contributed by atoms with Gasteiger partial charge in [-0.05, 0) is 75.5 Å². The van der Waals surface area contributed by atoms with E-state index in [-0.39, 0.29) is 42.6 Å². The van der Waals surface area contributed by atoms with Gasteiger partial charge in [0.25, 0.3) is 11.8 Å². The van der Waals surface area contributed by atoms with Gasteiger partial charge >= 0.3 is 5.97 Å². The van der Waals surface area contributed by atoms with Crippen molar-refractivity contribution >= 4 is 23.5 Å². The SMILES string of the molecule is CC(C)(C)OC(=O)[C@@H]1CCCN1C[C@@H]1C[C@H](c2ccc(CO)cc2)O[C@H](c2ccc(N3C(=O)c4ccccc4C3=O)cc2)O1. The van der Waals surface area contributed by atoms with Crippen LogP contribution in [-0.2, 0) is 25.6 Å². The number of imide groups is 1. The van der Waals surface area contributed by atoms with Crippen LogP contribution in [0.5, 0.6) is 0 Å². The molecule has 3 heterocycles. The maximum Gasteiger partial charge on any atom is 0.323 e. The van der Waals surface area contributed by atoms with Gasteiger partial charge in [-0.2, -0.15) is 0 Å². The van der Waals surface area contributed by atoms with Crippen LogP contribution in [0.3, 0.4) is 0 Å². The number of fused-ring (bicyclic) bond motifs is 1. The van der Waals surface area contributed by atoms with Gasteiger partial charge in [0.2, 0.25) is 0 Å². The first kappa shape index (κ1) is 30.1. The maximum atomic E-state index is 13.0. The van der Waals surface area contributed by atoms with E-state index >= 15 is 0 Å². The van der Waals surface area contributed by atoms with Crippen molar-refractivity contribution in [3.63, 3.8) is 0 Å². The zero-order valence-electron chi connectivity index (χ0n) is 25.3. The van der Waals surface area contributed by atoms with Gasteiger partial charge in [0.05, 0.1) is 35.6 Å². The highest BCUT2D eigenvalue weighted by atomic mass is 16.7. The van der Waals surface area contributed by atoms with E-state index in [2.05, 4.69) is 4.90 Å². The molecule has 0 aromatic heterocycles. The molecule has 0 aliphatic carbocycles. The molecule has 9 nitrogen and oxygen atoms in total. The summed E-state index contributed by atoms with van der Waals surface area (Å²) in [5, 5.41) is 9.52. The molecule has 4 atom stereocenters. The first-order valence-corrected chi connectivity index (χ1v) is 15.2. The summed E-state index contributed by atoms with van der Waals surface area (Å²) in [7, 11) is 0. The third kappa shape index (κ3) is 6.19. The van der Waals surface area contributed by atoms with Crippen LogP contribution in [0.4, 0.5) is 5.69 Å². The van der Waals surface area contributed by atoms with Crippen molar-refractivity contribution < 1.29 is 33.7 Å². The van der Waals surface area contributed by atoms with Crippen LogP contribution in [0.15, 0.2) is 72.8 Å². The number of hydrogen-bond donors (Lipinski definition) is 1. The molecule has 3 aromatic rings. The van der Waals surface area contributed by atoms with Gasteiger partial charge in [-0.3, -0.25) is 19.3 Å². The van der Waals surface area contributed by atoms with E-state index in [0.29, 0.717) is 29.8 Å². The highest BCUT2D eigenvalue weighted by Gasteiger charge is 2.40. The Labute approximate surface area is 257 Å². The summed E-state index contributed by atoms with van der Waals surface area (Å²) >= 11 is 0. The number of likely N-dealkylation sites (tertiary alicyclic amines) is 1. The summed E-state index contributed by atoms with van der Waals surface area (Å²) in [5.74, 6) is -0.904. The third-order valence-corrected chi connectivity index (χ3v) is 8.31. The second-order valence-corrected chi connectivity index (χ2v) is 12.6. The van der Waals surface area contributed by atoms with Crippen molar-refractivity contribution in [3.05, 3.63) is 101 Å². The first-order valence-electron chi connectivity index (χ1n) is 15.2. The van der Waals surface area contributed by atoms with Gasteiger partial charge in [0.1, 0.15) is 11.6 Å². The standard InChI is InChI=1S/C35H38N2O7/c1-35(2,3)44-33(41)29-9-6-18-36(29)20-26-19-30(23-12-10-22(21-38)11-13-23)43-34(42-26)24-14-16-25(17-15-24)37-31(39)27-7-4-5-8-28(27)32(37)40/h4-5,7-8,10-17,26,29-30,34,38H,6,9,18-21H2,1-3H3/t26-,29-,30+,34+/m0/s1. The normalized spacial score (nSPS) is 24.0. The molecule has 9 heteroatoms. The molecular formula is C35H38N2O7. The van der Waals surface area contributed by atoms with E-state index in [1.807, 2.05) is 57.2 Å². The number of hydrogen-bond acceptors (Lipinski definition) is 8. The molecular weight excluding hydrogens is 560 g/mol. The number of ether oxygens (including phenoxy) is 3. The number of esters is 1. The molecule has 3 aromatic carbocycles. The molecule has 0 spiro atoms. The summed E-state index contributed by atoms with van der Waals surface area (Å²) in [6, 6.07) is 21.3. The minimum atomic E-state index is -0.713. The molecule has 2 fully saturated rings. The number of anilines is 1. The largest absolute Gasteiger partial charge is 0.459 e. The Bertz CT molecular complexity index is 1490. The molecule has 0 radical (unpaired) electrons. The van der Waals surface area contributed by atoms with Crippen molar-refractivity contribution in [2.24, 2.45) is 0 Å². The third-order valence-electron chi connectivity index (χ3n) is 8.31. The van der Waals surface area contributed by atoms with Crippen LogP contribution in [0, 0.1) is 0 Å². The first-order chi connectivity index (χ1) is 21.1. The highest BCUT2D eigenvalue weighted by molar-refractivity contribution is 6.34. The Hall–Kier alpha value is -3.89. The molecule has 0 saturated carbocycles. The number of carbonyl (C=O) groups is 3. The fourth-order valence-electron chi connectivity index (χ4n) is 6.18. The summed E-state index contributed by atoms with van der Waals surface area (Å²) in [4.78, 5) is 42.3. The molecule has 44 heavy (non-hydrogen) atoms. The number of aliphatic hydroxyl groups excluding tert-OH is 1. The summed E-state index contributed by atoms with van der Waals surface area (Å²) < 4.78 is 18.7. The van der Waals surface area contributed by atoms with Crippen molar-refractivity contribution in [1.29, 1.82) is 0 Å². The quantitative estimate of drug-likeness (QED) is 0.287. The van der Waals surface area contributed by atoms with E-state index in [0.717, 1.165) is 36.1 Å². The smallest absolute Gasteiger partial charge is 0.323 e. The van der Waals surface area contributed by atoms with E-state index in [4.69, 9.17) is 14.2 Å². The minimum absolute atomic E-state index is 0.0410. The Morgan fingerprint density at radius 1 is 0.909 bits per heavy atom. The fraction of sp³-hybridized carbons (Fsp3) is 0.400. The topological polar surface area (TPSA) is 106 Å². The lowest BCUT2D eigenvalue weighted by molar-refractivity contribution is -0.253. The number of benzene rings is 3. The van der Waals surface area contributed by atoms with Gasteiger partial charge in [-0.25, -0.2) is 4.90 Å². The minimum Gasteiger partial charge on any atom is -0.459 e. The van der Waals surface area contributed by atoms with Crippen LogP contribution < -0.4 is 4.90 Å². The van der Waals surface area contributed by atoms with Crippen molar-refractivity contribution in [2.75, 3.05) is 18.0 Å². The van der Waals surface area contributed by atoms with Gasteiger partial charge < -0.3 is 19.3 Å². The van der Waals surface area contributed by atoms with Gasteiger partial charge in [0, 0.05) is 18.5 Å². The van der Waals surface area contributed by atoms with Crippen molar-refractivity contribution in [2.45, 2.75) is 76.8 Å². The Balaban J connectivity index is 1.22. The highest BCUT2D eigenvalue weighted by Crippen LogP contribution is 2.39. The Morgan fingerprint density at radius 2 is 1.55 bits per heavy atom. The molecule has 2 amide bonds. The summed E-state index contributed by atoms with van der Waals surface area (Å²) in [5.41, 5.74) is 3.23. The molecule has 1 N–H and O–H groups in total. The van der Waals surface area contributed by atoms with Gasteiger partial charge in [-0.15, -0.1) is 0 Å². The Morgan fingerprint density at radius 3 is 2.16 bits per heavy atom. The lowest BCUT2D eigenvalue weighted by Gasteiger charge is -2.38. The van der Waals surface area contributed by atoms with E-state index in [1.165, 1.54) is 4.90 Å². The van der Waals surface area contributed by atoms with Crippen molar-refractivity contribution in [1.82, 2.24) is 4.90 Å². The number of amides is 2. The predicted octanol–water partition coefficient (Wildman–Crippen LogP) is 5.33.